The fraction of sp³-hybridized carbons (Fsp3) is 0.562. The minimum atomic E-state index is -0.241. The molecule has 1 fully saturated rings. The Morgan fingerprint density at radius 3 is 2.74 bits per heavy atom. The summed E-state index contributed by atoms with van der Waals surface area (Å²) in [5.41, 5.74) is 2.19. The third-order valence-corrected chi connectivity index (χ3v) is 4.64. The molecular weight excluding hydrogens is 239 g/mol. The van der Waals surface area contributed by atoms with E-state index < -0.39 is 0 Å². The maximum absolute atomic E-state index is 13.3. The highest BCUT2D eigenvalue weighted by molar-refractivity contribution is 6.00. The number of hydrogen-bond acceptors (Lipinski definition) is 1. The molecule has 0 aromatic heterocycles. The van der Waals surface area contributed by atoms with Crippen molar-refractivity contribution < 1.29 is 4.39 Å². The molecule has 3 rings (SSSR count). The molecule has 0 spiro atoms. The highest BCUT2D eigenvalue weighted by Crippen LogP contribution is 2.38. The van der Waals surface area contributed by atoms with Gasteiger partial charge in [0.2, 0.25) is 0 Å². The average molecular weight is 260 g/mol. The normalized spacial score (nSPS) is 21.6. The molecule has 0 unspecified atom stereocenters. The van der Waals surface area contributed by atoms with Crippen molar-refractivity contribution >= 4 is 5.84 Å². The van der Waals surface area contributed by atoms with Gasteiger partial charge in [0.05, 0.1) is 0 Å². The Balaban J connectivity index is 1.76. The van der Waals surface area contributed by atoms with Crippen LogP contribution in [0.15, 0.2) is 18.2 Å². The van der Waals surface area contributed by atoms with E-state index in [1.807, 2.05) is 6.07 Å². The minimum Gasteiger partial charge on any atom is -0.352 e. The molecule has 1 saturated carbocycles. The topological polar surface area (TPSA) is 27.1 Å². The molecule has 0 bridgehead atoms. The number of hydrogen-bond donors (Lipinski definition) is 1. The minimum absolute atomic E-state index is 0.241. The molecule has 0 amide bonds. The van der Waals surface area contributed by atoms with E-state index in [1.165, 1.54) is 44.2 Å². The summed E-state index contributed by atoms with van der Waals surface area (Å²) in [7, 11) is 0. The fourth-order valence-corrected chi connectivity index (χ4v) is 3.52. The number of rotatable bonds is 2. The summed E-state index contributed by atoms with van der Waals surface area (Å²) in [6, 6.07) is 4.82. The van der Waals surface area contributed by atoms with Gasteiger partial charge in [-0.05, 0) is 36.0 Å². The van der Waals surface area contributed by atoms with Gasteiger partial charge in [-0.15, -0.1) is 0 Å². The number of nitrogens with one attached hydrogen (secondary N) is 1. The summed E-state index contributed by atoms with van der Waals surface area (Å²) < 4.78 is 13.3. The molecule has 1 aliphatic carbocycles. The van der Waals surface area contributed by atoms with Crippen molar-refractivity contribution in [2.24, 2.45) is 5.41 Å². The zero-order valence-corrected chi connectivity index (χ0v) is 11.5. The van der Waals surface area contributed by atoms with Gasteiger partial charge in [-0.1, -0.05) is 32.3 Å². The second-order valence-electron chi connectivity index (χ2n) is 6.38. The van der Waals surface area contributed by atoms with E-state index in [9.17, 15) is 4.39 Å². The van der Waals surface area contributed by atoms with Crippen LogP contribution >= 0.6 is 0 Å². The standard InChI is InChI=1S/C16H21FN2/c1-16(7-3-2-4-8-16)11-19-10-12-5-6-13(17)9-14(12)15(19)18/h5-6,9,18H,2-4,7-8,10-11H2,1H3. The summed E-state index contributed by atoms with van der Waals surface area (Å²) in [5.74, 6) is 0.260. The average Bonchev–Trinajstić information content (AvgIpc) is 2.67. The van der Waals surface area contributed by atoms with Crippen molar-refractivity contribution in [1.82, 2.24) is 4.90 Å². The van der Waals surface area contributed by atoms with Crippen LogP contribution in [0.1, 0.15) is 50.2 Å². The number of benzene rings is 1. The van der Waals surface area contributed by atoms with E-state index in [2.05, 4.69) is 11.8 Å². The number of amidine groups is 1. The van der Waals surface area contributed by atoms with E-state index in [-0.39, 0.29) is 5.82 Å². The number of nitrogens with zero attached hydrogens (tertiary/aromatic N) is 1. The molecule has 1 aromatic rings. The smallest absolute Gasteiger partial charge is 0.128 e. The Morgan fingerprint density at radius 2 is 2.00 bits per heavy atom. The van der Waals surface area contributed by atoms with Gasteiger partial charge in [-0.25, -0.2) is 4.39 Å². The Morgan fingerprint density at radius 1 is 1.26 bits per heavy atom. The van der Waals surface area contributed by atoms with E-state index in [4.69, 9.17) is 5.41 Å². The van der Waals surface area contributed by atoms with Crippen molar-refractivity contribution in [3.05, 3.63) is 35.1 Å². The van der Waals surface area contributed by atoms with Crippen LogP contribution in [0.5, 0.6) is 0 Å². The summed E-state index contributed by atoms with van der Waals surface area (Å²) in [6.07, 6.45) is 6.46. The Kier molecular flexibility index (Phi) is 3.08. The van der Waals surface area contributed by atoms with E-state index in [0.717, 1.165) is 24.2 Å². The molecule has 3 heteroatoms. The summed E-state index contributed by atoms with van der Waals surface area (Å²) in [4.78, 5) is 2.12. The van der Waals surface area contributed by atoms with Crippen molar-refractivity contribution in [2.75, 3.05) is 6.54 Å². The molecule has 0 atom stereocenters. The molecule has 1 N–H and O–H groups in total. The first-order valence-electron chi connectivity index (χ1n) is 7.20. The summed E-state index contributed by atoms with van der Waals surface area (Å²) in [6.45, 7) is 4.04. The first-order chi connectivity index (χ1) is 9.07. The third kappa shape index (κ3) is 2.38. The first kappa shape index (κ1) is 12.6. The molecule has 2 aliphatic rings. The van der Waals surface area contributed by atoms with Crippen LogP contribution < -0.4 is 0 Å². The first-order valence-corrected chi connectivity index (χ1v) is 7.20. The van der Waals surface area contributed by atoms with Gasteiger partial charge in [0.1, 0.15) is 11.7 Å². The van der Waals surface area contributed by atoms with Gasteiger partial charge in [0.25, 0.3) is 0 Å². The van der Waals surface area contributed by atoms with E-state index in [1.54, 1.807) is 0 Å². The lowest BCUT2D eigenvalue weighted by atomic mass is 9.75. The van der Waals surface area contributed by atoms with E-state index in [0.29, 0.717) is 11.3 Å². The molecular formula is C16H21FN2. The molecule has 102 valence electrons. The quantitative estimate of drug-likeness (QED) is 0.856. The van der Waals surface area contributed by atoms with Gasteiger partial charge in [-0.2, -0.15) is 0 Å². The zero-order chi connectivity index (χ0) is 13.5. The molecule has 19 heavy (non-hydrogen) atoms. The predicted molar refractivity (Wildman–Crippen MR) is 74.8 cm³/mol. The molecule has 1 heterocycles. The van der Waals surface area contributed by atoms with Crippen molar-refractivity contribution in [1.29, 1.82) is 5.41 Å². The lowest BCUT2D eigenvalue weighted by Gasteiger charge is -2.37. The lowest BCUT2D eigenvalue weighted by Crippen LogP contribution is -2.37. The SMILES string of the molecule is CC1(CN2Cc3ccc(F)cc3C2=N)CCCCC1. The van der Waals surface area contributed by atoms with Gasteiger partial charge in [-0.3, -0.25) is 5.41 Å². The van der Waals surface area contributed by atoms with Crippen molar-refractivity contribution in [2.45, 2.75) is 45.6 Å². The van der Waals surface area contributed by atoms with Gasteiger partial charge in [0, 0.05) is 18.7 Å². The summed E-state index contributed by atoms with van der Waals surface area (Å²) >= 11 is 0. The van der Waals surface area contributed by atoms with E-state index >= 15 is 0 Å². The van der Waals surface area contributed by atoms with Crippen molar-refractivity contribution in [3.8, 4) is 0 Å². The van der Waals surface area contributed by atoms with Crippen molar-refractivity contribution in [3.63, 3.8) is 0 Å². The fourth-order valence-electron chi connectivity index (χ4n) is 3.52. The van der Waals surface area contributed by atoms with Crippen LogP contribution in [0.3, 0.4) is 0 Å². The highest BCUT2D eigenvalue weighted by Gasteiger charge is 2.33. The second-order valence-corrected chi connectivity index (χ2v) is 6.38. The van der Waals surface area contributed by atoms with Crippen LogP contribution in [0.4, 0.5) is 4.39 Å². The summed E-state index contributed by atoms with van der Waals surface area (Å²) in [5, 5.41) is 8.25. The molecule has 1 aromatic carbocycles. The molecule has 0 saturated heterocycles. The van der Waals surface area contributed by atoms with Gasteiger partial charge >= 0.3 is 0 Å². The van der Waals surface area contributed by atoms with Crippen LogP contribution in [0.25, 0.3) is 0 Å². The molecule has 1 aliphatic heterocycles. The van der Waals surface area contributed by atoms with Crippen LogP contribution in [-0.4, -0.2) is 17.3 Å². The monoisotopic (exact) mass is 260 g/mol. The van der Waals surface area contributed by atoms with Gasteiger partial charge < -0.3 is 4.90 Å². The Bertz CT molecular complexity index is 503. The van der Waals surface area contributed by atoms with Crippen LogP contribution in [0.2, 0.25) is 0 Å². The second kappa shape index (κ2) is 4.62. The molecule has 2 nitrogen and oxygen atoms in total. The highest BCUT2D eigenvalue weighted by atomic mass is 19.1. The maximum Gasteiger partial charge on any atom is 0.128 e. The number of fused-ring (bicyclic) bond motifs is 1. The Labute approximate surface area is 114 Å². The molecule has 0 radical (unpaired) electrons. The number of halogens is 1. The largest absolute Gasteiger partial charge is 0.352 e. The van der Waals surface area contributed by atoms with Gasteiger partial charge in [0.15, 0.2) is 0 Å². The van der Waals surface area contributed by atoms with Crippen LogP contribution in [0, 0.1) is 16.6 Å². The van der Waals surface area contributed by atoms with Crippen LogP contribution in [-0.2, 0) is 6.54 Å². The Hall–Kier alpha value is -1.38. The lowest BCUT2D eigenvalue weighted by molar-refractivity contribution is 0.163. The zero-order valence-electron chi connectivity index (χ0n) is 11.5. The maximum atomic E-state index is 13.3. The third-order valence-electron chi connectivity index (χ3n) is 4.64. The predicted octanol–water partition coefficient (Wildman–Crippen LogP) is 3.94.